The fourth-order valence-corrected chi connectivity index (χ4v) is 3.38. The summed E-state index contributed by atoms with van der Waals surface area (Å²) in [6, 6.07) is 0. The average molecular weight is 186 g/mol. The standard InChI is InChI=1S/C9H14O2S/c10-9(11)8-4-7(8)6-2-1-3-12-5-6/h6-8H,1-5H2,(H,10,11)/t6?,7-,8+/m0/s1. The SMILES string of the molecule is O=C(O)[C@@H]1C[C@H]1C1CCCSC1. The zero-order valence-electron chi connectivity index (χ0n) is 7.03. The molecule has 12 heavy (non-hydrogen) atoms. The second kappa shape index (κ2) is 3.29. The van der Waals surface area contributed by atoms with Gasteiger partial charge in [-0.2, -0.15) is 11.8 Å². The molecule has 3 heteroatoms. The summed E-state index contributed by atoms with van der Waals surface area (Å²) in [5.74, 6) is 3.15. The monoisotopic (exact) mass is 186 g/mol. The second-order valence-electron chi connectivity index (χ2n) is 3.82. The highest BCUT2D eigenvalue weighted by molar-refractivity contribution is 7.99. The van der Waals surface area contributed by atoms with Gasteiger partial charge in [-0.25, -0.2) is 0 Å². The van der Waals surface area contributed by atoms with Crippen LogP contribution in [0.1, 0.15) is 19.3 Å². The van der Waals surface area contributed by atoms with Gasteiger partial charge in [0.25, 0.3) is 0 Å². The Morgan fingerprint density at radius 2 is 2.33 bits per heavy atom. The average Bonchev–Trinajstić information content (AvgIpc) is 2.84. The number of aliphatic carboxylic acids is 1. The van der Waals surface area contributed by atoms with Crippen LogP contribution in [0.2, 0.25) is 0 Å². The van der Waals surface area contributed by atoms with Crippen LogP contribution in [0.4, 0.5) is 0 Å². The normalized spacial score (nSPS) is 40.8. The molecule has 3 atom stereocenters. The zero-order valence-corrected chi connectivity index (χ0v) is 7.85. The summed E-state index contributed by atoms with van der Waals surface area (Å²) in [6.07, 6.45) is 3.50. The van der Waals surface area contributed by atoms with Crippen molar-refractivity contribution in [2.45, 2.75) is 19.3 Å². The number of carbonyl (C=O) groups is 1. The lowest BCUT2D eigenvalue weighted by Crippen LogP contribution is -2.15. The Hall–Kier alpha value is -0.180. The first-order valence-corrected chi connectivity index (χ1v) is 5.75. The highest BCUT2D eigenvalue weighted by Crippen LogP contribution is 2.48. The lowest BCUT2D eigenvalue weighted by molar-refractivity contribution is -0.139. The van der Waals surface area contributed by atoms with Crippen molar-refractivity contribution in [3.63, 3.8) is 0 Å². The van der Waals surface area contributed by atoms with Gasteiger partial charge in [-0.05, 0) is 42.6 Å². The number of thioether (sulfide) groups is 1. The molecule has 0 spiro atoms. The van der Waals surface area contributed by atoms with E-state index in [4.69, 9.17) is 5.11 Å². The Morgan fingerprint density at radius 3 is 2.83 bits per heavy atom. The van der Waals surface area contributed by atoms with E-state index in [2.05, 4.69) is 0 Å². The van der Waals surface area contributed by atoms with Crippen molar-refractivity contribution in [3.8, 4) is 0 Å². The summed E-state index contributed by atoms with van der Waals surface area (Å²) >= 11 is 1.99. The highest BCUT2D eigenvalue weighted by Gasteiger charge is 2.47. The summed E-state index contributed by atoms with van der Waals surface area (Å²) in [4.78, 5) is 10.6. The second-order valence-corrected chi connectivity index (χ2v) is 4.97. The minimum absolute atomic E-state index is 0.00806. The fraction of sp³-hybridized carbons (Fsp3) is 0.889. The topological polar surface area (TPSA) is 37.3 Å². The molecule has 1 N–H and O–H groups in total. The van der Waals surface area contributed by atoms with Crippen molar-refractivity contribution < 1.29 is 9.90 Å². The maximum atomic E-state index is 10.6. The van der Waals surface area contributed by atoms with Crippen LogP contribution in [0.25, 0.3) is 0 Å². The third kappa shape index (κ3) is 1.60. The van der Waals surface area contributed by atoms with E-state index in [0.29, 0.717) is 11.8 Å². The molecule has 0 aromatic rings. The van der Waals surface area contributed by atoms with Crippen molar-refractivity contribution in [2.75, 3.05) is 11.5 Å². The Morgan fingerprint density at radius 1 is 1.50 bits per heavy atom. The molecule has 1 aliphatic heterocycles. The van der Waals surface area contributed by atoms with Gasteiger partial charge in [-0.15, -0.1) is 0 Å². The quantitative estimate of drug-likeness (QED) is 0.715. The molecule has 1 unspecified atom stereocenters. The van der Waals surface area contributed by atoms with Gasteiger partial charge in [0.15, 0.2) is 0 Å². The van der Waals surface area contributed by atoms with Crippen molar-refractivity contribution in [2.24, 2.45) is 17.8 Å². The lowest BCUT2D eigenvalue weighted by atomic mass is 9.98. The molecule has 1 saturated carbocycles. The molecule has 2 aliphatic rings. The summed E-state index contributed by atoms with van der Waals surface area (Å²) in [6.45, 7) is 0. The van der Waals surface area contributed by atoms with Gasteiger partial charge in [0.2, 0.25) is 0 Å². The number of carboxylic acid groups (broad SMARTS) is 1. The van der Waals surface area contributed by atoms with E-state index in [1.165, 1.54) is 24.3 Å². The van der Waals surface area contributed by atoms with Gasteiger partial charge in [0.05, 0.1) is 5.92 Å². The van der Waals surface area contributed by atoms with Gasteiger partial charge < -0.3 is 5.11 Å². The van der Waals surface area contributed by atoms with Crippen LogP contribution in [0, 0.1) is 17.8 Å². The Labute approximate surface area is 76.7 Å². The van der Waals surface area contributed by atoms with Crippen LogP contribution in [-0.2, 0) is 4.79 Å². The third-order valence-electron chi connectivity index (χ3n) is 2.96. The van der Waals surface area contributed by atoms with Crippen molar-refractivity contribution in [1.82, 2.24) is 0 Å². The number of hydrogen-bond donors (Lipinski definition) is 1. The van der Waals surface area contributed by atoms with Crippen molar-refractivity contribution >= 4 is 17.7 Å². The molecule has 0 bridgehead atoms. The summed E-state index contributed by atoms with van der Waals surface area (Å²) in [5, 5.41) is 8.75. The molecular weight excluding hydrogens is 172 g/mol. The van der Waals surface area contributed by atoms with Gasteiger partial charge in [-0.3, -0.25) is 4.79 Å². The van der Waals surface area contributed by atoms with Gasteiger partial charge >= 0.3 is 5.97 Å². The van der Waals surface area contributed by atoms with Crippen molar-refractivity contribution in [1.29, 1.82) is 0 Å². The minimum Gasteiger partial charge on any atom is -0.481 e. The highest BCUT2D eigenvalue weighted by atomic mass is 32.2. The minimum atomic E-state index is -0.574. The lowest BCUT2D eigenvalue weighted by Gasteiger charge is -2.20. The van der Waals surface area contributed by atoms with Crippen LogP contribution < -0.4 is 0 Å². The van der Waals surface area contributed by atoms with Crippen LogP contribution in [-0.4, -0.2) is 22.6 Å². The van der Waals surface area contributed by atoms with E-state index in [1.54, 1.807) is 0 Å². The molecule has 2 nitrogen and oxygen atoms in total. The number of hydrogen-bond acceptors (Lipinski definition) is 2. The van der Waals surface area contributed by atoms with E-state index in [0.717, 1.165) is 6.42 Å². The van der Waals surface area contributed by atoms with Crippen LogP contribution in [0.5, 0.6) is 0 Å². The van der Waals surface area contributed by atoms with E-state index in [1.807, 2.05) is 11.8 Å². The number of rotatable bonds is 2. The predicted octanol–water partition coefficient (Wildman–Crippen LogP) is 1.85. The molecule has 0 amide bonds. The molecule has 1 saturated heterocycles. The van der Waals surface area contributed by atoms with Crippen LogP contribution >= 0.6 is 11.8 Å². The van der Waals surface area contributed by atoms with E-state index in [-0.39, 0.29) is 5.92 Å². The van der Waals surface area contributed by atoms with Gasteiger partial charge in [-0.1, -0.05) is 0 Å². The van der Waals surface area contributed by atoms with Gasteiger partial charge in [0.1, 0.15) is 0 Å². The van der Waals surface area contributed by atoms with E-state index < -0.39 is 5.97 Å². The molecule has 68 valence electrons. The smallest absolute Gasteiger partial charge is 0.306 e. The van der Waals surface area contributed by atoms with Gasteiger partial charge in [0, 0.05) is 0 Å². The number of carboxylic acids is 1. The van der Waals surface area contributed by atoms with Crippen molar-refractivity contribution in [3.05, 3.63) is 0 Å². The predicted molar refractivity (Wildman–Crippen MR) is 49.3 cm³/mol. The van der Waals surface area contributed by atoms with Crippen LogP contribution in [0.15, 0.2) is 0 Å². The molecule has 0 aromatic heterocycles. The largest absolute Gasteiger partial charge is 0.481 e. The maximum absolute atomic E-state index is 10.6. The Kier molecular flexibility index (Phi) is 2.31. The fourth-order valence-electron chi connectivity index (χ4n) is 2.12. The van der Waals surface area contributed by atoms with E-state index >= 15 is 0 Å². The van der Waals surface area contributed by atoms with Crippen LogP contribution in [0.3, 0.4) is 0 Å². The molecule has 1 aliphatic carbocycles. The maximum Gasteiger partial charge on any atom is 0.306 e. The molecular formula is C9H14O2S. The summed E-state index contributed by atoms with van der Waals surface area (Å²) in [5.41, 5.74) is 0. The first kappa shape index (κ1) is 8.42. The third-order valence-corrected chi connectivity index (χ3v) is 4.20. The molecule has 2 fully saturated rings. The molecule has 1 heterocycles. The Bertz CT molecular complexity index is 187. The first-order chi connectivity index (χ1) is 5.79. The zero-order chi connectivity index (χ0) is 8.55. The first-order valence-electron chi connectivity index (χ1n) is 4.59. The summed E-state index contributed by atoms with van der Waals surface area (Å²) < 4.78 is 0. The Balaban J connectivity index is 1.83. The summed E-state index contributed by atoms with van der Waals surface area (Å²) in [7, 11) is 0. The molecule has 2 rings (SSSR count). The molecule has 0 aromatic carbocycles. The van der Waals surface area contributed by atoms with E-state index in [9.17, 15) is 4.79 Å². The molecule has 0 radical (unpaired) electrons.